The Bertz CT molecular complexity index is 562. The molecule has 0 bridgehead atoms. The first-order chi connectivity index (χ1) is 11.1. The van der Waals surface area contributed by atoms with E-state index in [0.29, 0.717) is 41.9 Å². The lowest BCUT2D eigenvalue weighted by atomic mass is 10.2. The number of hydrogen-bond acceptors (Lipinski definition) is 4. The molecule has 1 saturated heterocycles. The molecular formula is C15H18Cl2N2O4. The van der Waals surface area contributed by atoms with Crippen molar-refractivity contribution in [3.8, 4) is 5.75 Å². The molecule has 0 spiro atoms. The first-order valence-corrected chi connectivity index (χ1v) is 8.10. The number of benzene rings is 1. The molecule has 1 aromatic carbocycles. The first-order valence-electron chi connectivity index (χ1n) is 7.34. The fraction of sp³-hybridized carbons (Fsp3) is 0.467. The molecule has 2 amide bonds. The molecule has 6 nitrogen and oxygen atoms in total. The number of carbonyl (C=O) groups is 2. The van der Waals surface area contributed by atoms with Crippen LogP contribution in [0, 0.1) is 0 Å². The average molecular weight is 361 g/mol. The standard InChI is InChI=1S/C15H18Cl2N2O4/c16-10-5-6-12(11(17)9-10)22-8-2-4-14(20)18-19-15(21)13-3-1-7-23-13/h5-6,9,13H,1-4,7-8H2,(H,18,20)(H,19,21). The lowest BCUT2D eigenvalue weighted by molar-refractivity contribution is -0.134. The monoisotopic (exact) mass is 360 g/mol. The van der Waals surface area contributed by atoms with E-state index in [2.05, 4.69) is 10.9 Å². The quantitative estimate of drug-likeness (QED) is 0.603. The van der Waals surface area contributed by atoms with Gasteiger partial charge in [0, 0.05) is 18.1 Å². The highest BCUT2D eigenvalue weighted by molar-refractivity contribution is 6.35. The van der Waals surface area contributed by atoms with E-state index in [4.69, 9.17) is 32.7 Å². The fourth-order valence-corrected chi connectivity index (χ4v) is 2.53. The molecule has 0 saturated carbocycles. The molecule has 0 radical (unpaired) electrons. The maximum absolute atomic E-state index is 11.6. The summed E-state index contributed by atoms with van der Waals surface area (Å²) in [6.45, 7) is 0.908. The van der Waals surface area contributed by atoms with Gasteiger partial charge in [-0.05, 0) is 37.5 Å². The molecule has 1 aliphatic heterocycles. The zero-order chi connectivity index (χ0) is 16.7. The van der Waals surface area contributed by atoms with Crippen LogP contribution in [0.3, 0.4) is 0 Å². The Morgan fingerprint density at radius 2 is 2.13 bits per heavy atom. The second kappa shape index (κ2) is 8.96. The van der Waals surface area contributed by atoms with Gasteiger partial charge in [-0.3, -0.25) is 20.4 Å². The van der Waals surface area contributed by atoms with Crippen LogP contribution in [0.2, 0.25) is 10.0 Å². The summed E-state index contributed by atoms with van der Waals surface area (Å²) in [6.07, 6.45) is 1.77. The normalized spacial score (nSPS) is 16.9. The summed E-state index contributed by atoms with van der Waals surface area (Å²) in [5.41, 5.74) is 4.72. The summed E-state index contributed by atoms with van der Waals surface area (Å²) in [6, 6.07) is 4.94. The van der Waals surface area contributed by atoms with Gasteiger partial charge in [0.2, 0.25) is 5.91 Å². The lowest BCUT2D eigenvalue weighted by Crippen LogP contribution is -2.46. The summed E-state index contributed by atoms with van der Waals surface area (Å²) in [5.74, 6) is -0.0923. The summed E-state index contributed by atoms with van der Waals surface area (Å²) in [5, 5.41) is 0.953. The van der Waals surface area contributed by atoms with Gasteiger partial charge in [0.1, 0.15) is 11.9 Å². The Hall–Kier alpha value is -1.50. The predicted molar refractivity (Wildman–Crippen MR) is 86.5 cm³/mol. The molecule has 0 aliphatic carbocycles. The van der Waals surface area contributed by atoms with Crippen LogP contribution in [-0.4, -0.2) is 31.1 Å². The van der Waals surface area contributed by atoms with Crippen LogP contribution in [0.4, 0.5) is 0 Å². The van der Waals surface area contributed by atoms with Gasteiger partial charge in [-0.2, -0.15) is 0 Å². The Labute approximate surface area is 144 Å². The van der Waals surface area contributed by atoms with Crippen LogP contribution in [0.5, 0.6) is 5.75 Å². The van der Waals surface area contributed by atoms with Gasteiger partial charge in [-0.1, -0.05) is 23.2 Å². The molecule has 1 unspecified atom stereocenters. The van der Waals surface area contributed by atoms with Gasteiger partial charge in [-0.15, -0.1) is 0 Å². The van der Waals surface area contributed by atoms with Gasteiger partial charge in [0.05, 0.1) is 11.6 Å². The van der Waals surface area contributed by atoms with Crippen LogP contribution in [-0.2, 0) is 14.3 Å². The zero-order valence-electron chi connectivity index (χ0n) is 12.4. The molecule has 0 aromatic heterocycles. The Morgan fingerprint density at radius 3 is 2.83 bits per heavy atom. The predicted octanol–water partition coefficient (Wildman–Crippen LogP) is 2.48. The topological polar surface area (TPSA) is 76.7 Å². The molecule has 1 aromatic rings. The second-order valence-corrected chi connectivity index (χ2v) is 5.91. The van der Waals surface area contributed by atoms with E-state index in [1.165, 1.54) is 0 Å². The minimum absolute atomic E-state index is 0.219. The molecule has 1 aliphatic rings. The molecule has 2 N–H and O–H groups in total. The number of amides is 2. The van der Waals surface area contributed by atoms with Gasteiger partial charge in [0.15, 0.2) is 0 Å². The van der Waals surface area contributed by atoms with E-state index < -0.39 is 6.10 Å². The van der Waals surface area contributed by atoms with Gasteiger partial charge >= 0.3 is 0 Å². The molecule has 23 heavy (non-hydrogen) atoms. The largest absolute Gasteiger partial charge is 0.492 e. The van der Waals surface area contributed by atoms with Crippen molar-refractivity contribution >= 4 is 35.0 Å². The van der Waals surface area contributed by atoms with Crippen molar-refractivity contribution in [1.82, 2.24) is 10.9 Å². The number of ether oxygens (including phenoxy) is 2. The third-order valence-electron chi connectivity index (χ3n) is 3.25. The van der Waals surface area contributed by atoms with E-state index in [1.807, 2.05) is 0 Å². The van der Waals surface area contributed by atoms with Crippen LogP contribution >= 0.6 is 23.2 Å². The lowest BCUT2D eigenvalue weighted by Gasteiger charge is -2.11. The van der Waals surface area contributed by atoms with Crippen molar-refractivity contribution in [2.45, 2.75) is 31.8 Å². The Morgan fingerprint density at radius 1 is 1.30 bits per heavy atom. The van der Waals surface area contributed by atoms with Gasteiger partial charge in [-0.25, -0.2) is 0 Å². The van der Waals surface area contributed by atoms with Crippen molar-refractivity contribution in [3.63, 3.8) is 0 Å². The fourth-order valence-electron chi connectivity index (χ4n) is 2.07. The number of hydrogen-bond donors (Lipinski definition) is 2. The van der Waals surface area contributed by atoms with Crippen molar-refractivity contribution < 1.29 is 19.1 Å². The highest BCUT2D eigenvalue weighted by atomic mass is 35.5. The summed E-state index contributed by atoms with van der Waals surface area (Å²) >= 11 is 11.8. The SMILES string of the molecule is O=C(CCCOc1ccc(Cl)cc1Cl)NNC(=O)C1CCCO1. The van der Waals surface area contributed by atoms with Crippen molar-refractivity contribution in [3.05, 3.63) is 28.2 Å². The van der Waals surface area contributed by atoms with Crippen molar-refractivity contribution in [1.29, 1.82) is 0 Å². The maximum atomic E-state index is 11.6. The number of hydrazine groups is 1. The van der Waals surface area contributed by atoms with Gasteiger partial charge in [0.25, 0.3) is 5.91 Å². The van der Waals surface area contributed by atoms with Gasteiger partial charge < -0.3 is 9.47 Å². The number of nitrogens with one attached hydrogen (secondary N) is 2. The first kappa shape index (κ1) is 17.8. The van der Waals surface area contributed by atoms with E-state index in [1.54, 1.807) is 18.2 Å². The molecule has 2 rings (SSSR count). The van der Waals surface area contributed by atoms with Crippen molar-refractivity contribution in [2.24, 2.45) is 0 Å². The molecule has 1 heterocycles. The van der Waals surface area contributed by atoms with E-state index in [0.717, 1.165) is 6.42 Å². The van der Waals surface area contributed by atoms with E-state index in [9.17, 15) is 9.59 Å². The number of halogens is 2. The minimum Gasteiger partial charge on any atom is -0.492 e. The smallest absolute Gasteiger partial charge is 0.267 e. The van der Waals surface area contributed by atoms with E-state index >= 15 is 0 Å². The number of carbonyl (C=O) groups excluding carboxylic acids is 2. The summed E-state index contributed by atoms with van der Waals surface area (Å²) in [7, 11) is 0. The third kappa shape index (κ3) is 5.89. The van der Waals surface area contributed by atoms with Crippen molar-refractivity contribution in [2.75, 3.05) is 13.2 Å². The summed E-state index contributed by atoms with van der Waals surface area (Å²) < 4.78 is 10.7. The highest BCUT2D eigenvalue weighted by Gasteiger charge is 2.23. The van der Waals surface area contributed by atoms with E-state index in [-0.39, 0.29) is 18.2 Å². The van der Waals surface area contributed by atoms with Crippen LogP contribution in [0.25, 0.3) is 0 Å². The molecule has 126 valence electrons. The van der Waals surface area contributed by atoms with Crippen LogP contribution < -0.4 is 15.6 Å². The molecule has 1 fully saturated rings. The molecule has 8 heteroatoms. The highest BCUT2D eigenvalue weighted by Crippen LogP contribution is 2.27. The van der Waals surface area contributed by atoms with Crippen LogP contribution in [0.15, 0.2) is 18.2 Å². The second-order valence-electron chi connectivity index (χ2n) is 5.07. The summed E-state index contributed by atoms with van der Waals surface area (Å²) in [4.78, 5) is 23.2. The number of rotatable bonds is 6. The average Bonchev–Trinajstić information content (AvgIpc) is 3.05. The van der Waals surface area contributed by atoms with Crippen LogP contribution in [0.1, 0.15) is 25.7 Å². The minimum atomic E-state index is -0.467. The third-order valence-corrected chi connectivity index (χ3v) is 3.78. The molecular weight excluding hydrogens is 343 g/mol. The Balaban J connectivity index is 1.60. The maximum Gasteiger partial charge on any atom is 0.267 e. The zero-order valence-corrected chi connectivity index (χ0v) is 14.0. The molecule has 1 atom stereocenters. The Kier molecular flexibility index (Phi) is 6.95.